The van der Waals surface area contributed by atoms with Gasteiger partial charge < -0.3 is 10.6 Å². The Morgan fingerprint density at radius 1 is 0.957 bits per heavy atom. The number of anilines is 4. The lowest BCUT2D eigenvalue weighted by molar-refractivity contribution is 0.915. The molecule has 23 heavy (non-hydrogen) atoms. The molecular weight excluding hydrogens is 310 g/mol. The fourth-order valence-electron chi connectivity index (χ4n) is 2.55. The van der Waals surface area contributed by atoms with Crippen LogP contribution in [0.3, 0.4) is 0 Å². The van der Waals surface area contributed by atoms with Crippen molar-refractivity contribution >= 4 is 34.7 Å². The number of hydrogen-bond donors (Lipinski definition) is 2. The Morgan fingerprint density at radius 3 is 2.83 bits per heavy atom. The van der Waals surface area contributed by atoms with Gasteiger partial charge in [0.25, 0.3) is 0 Å². The lowest BCUT2D eigenvalue weighted by atomic mass is 10.1. The molecule has 6 bridgehead atoms. The molecule has 1 aliphatic rings. The third-order valence-electron chi connectivity index (χ3n) is 3.68. The molecule has 2 N–H and O–H groups in total. The average molecular weight is 324 g/mol. The minimum Gasteiger partial charge on any atom is -0.339 e. The van der Waals surface area contributed by atoms with Crippen molar-refractivity contribution < 1.29 is 0 Å². The van der Waals surface area contributed by atoms with Crippen LogP contribution in [-0.4, -0.2) is 15.0 Å². The highest BCUT2D eigenvalue weighted by molar-refractivity contribution is 6.32. The number of pyridine rings is 1. The molecule has 0 saturated carbocycles. The molecular formula is C17H14ClN5. The summed E-state index contributed by atoms with van der Waals surface area (Å²) in [5.41, 5.74) is 4.13. The van der Waals surface area contributed by atoms with E-state index in [0.717, 1.165) is 29.9 Å². The minimum atomic E-state index is 0.478. The number of halogens is 1. The molecule has 3 aromatic rings. The molecule has 0 amide bonds. The van der Waals surface area contributed by atoms with Gasteiger partial charge in [0, 0.05) is 23.3 Å². The third kappa shape index (κ3) is 3.10. The van der Waals surface area contributed by atoms with Crippen molar-refractivity contribution in [2.75, 3.05) is 10.6 Å². The van der Waals surface area contributed by atoms with Gasteiger partial charge >= 0.3 is 0 Å². The summed E-state index contributed by atoms with van der Waals surface area (Å²) in [6.07, 6.45) is 5.18. The van der Waals surface area contributed by atoms with E-state index in [1.54, 1.807) is 12.4 Å². The van der Waals surface area contributed by atoms with Crippen LogP contribution in [0.25, 0.3) is 0 Å². The monoisotopic (exact) mass is 323 g/mol. The van der Waals surface area contributed by atoms with E-state index < -0.39 is 0 Å². The molecule has 5 nitrogen and oxygen atoms in total. The van der Waals surface area contributed by atoms with Crippen LogP contribution in [-0.2, 0) is 12.8 Å². The molecule has 0 spiro atoms. The maximum Gasteiger partial charge on any atom is 0.229 e. The van der Waals surface area contributed by atoms with Crippen molar-refractivity contribution in [2.45, 2.75) is 12.8 Å². The molecule has 0 unspecified atom stereocenters. The Bertz CT molecular complexity index is 865. The molecule has 0 saturated heterocycles. The zero-order valence-electron chi connectivity index (χ0n) is 12.3. The molecule has 2 aromatic heterocycles. The molecule has 0 atom stereocenters. The van der Waals surface area contributed by atoms with Crippen molar-refractivity contribution in [3.63, 3.8) is 0 Å². The molecule has 0 fully saturated rings. The maximum atomic E-state index is 6.21. The number of aryl methyl sites for hydroxylation is 2. The van der Waals surface area contributed by atoms with Crippen LogP contribution >= 0.6 is 11.6 Å². The van der Waals surface area contributed by atoms with Gasteiger partial charge in [-0.1, -0.05) is 23.7 Å². The number of fused-ring (bicyclic) bond motifs is 6. The zero-order valence-corrected chi connectivity index (χ0v) is 13.0. The minimum absolute atomic E-state index is 0.478. The van der Waals surface area contributed by atoms with E-state index in [1.807, 2.05) is 24.3 Å². The highest BCUT2D eigenvalue weighted by Gasteiger charge is 2.09. The standard InChI is InChI=1S/C17H14ClN5/c18-15-10-20-17-22-14-6-7-19-12(9-14)5-4-11-2-1-3-13(8-11)21-16(15)23-17/h1-3,6-10H,4-5H2,(H2,20,21,22,23). The van der Waals surface area contributed by atoms with Gasteiger partial charge in [-0.25, -0.2) is 4.98 Å². The summed E-state index contributed by atoms with van der Waals surface area (Å²) in [5, 5.41) is 6.93. The Morgan fingerprint density at radius 2 is 1.87 bits per heavy atom. The molecule has 1 aliphatic heterocycles. The highest BCUT2D eigenvalue weighted by Crippen LogP contribution is 2.26. The second-order valence-electron chi connectivity index (χ2n) is 5.38. The largest absolute Gasteiger partial charge is 0.339 e. The molecule has 6 heteroatoms. The van der Waals surface area contributed by atoms with E-state index in [9.17, 15) is 0 Å². The summed E-state index contributed by atoms with van der Waals surface area (Å²) in [6, 6.07) is 12.1. The summed E-state index contributed by atoms with van der Waals surface area (Å²) in [6.45, 7) is 0. The zero-order chi connectivity index (χ0) is 15.6. The van der Waals surface area contributed by atoms with E-state index in [2.05, 4.69) is 37.7 Å². The number of rotatable bonds is 0. The van der Waals surface area contributed by atoms with Crippen molar-refractivity contribution in [1.29, 1.82) is 0 Å². The fourth-order valence-corrected chi connectivity index (χ4v) is 2.69. The first kappa shape index (κ1) is 14.0. The molecule has 4 rings (SSSR count). The first-order chi connectivity index (χ1) is 11.3. The number of aromatic nitrogens is 3. The maximum absolute atomic E-state index is 6.21. The van der Waals surface area contributed by atoms with Crippen molar-refractivity contribution in [1.82, 2.24) is 15.0 Å². The second-order valence-corrected chi connectivity index (χ2v) is 5.78. The van der Waals surface area contributed by atoms with Gasteiger partial charge in [-0.3, -0.25) is 4.98 Å². The van der Waals surface area contributed by atoms with Crippen LogP contribution < -0.4 is 10.6 Å². The van der Waals surface area contributed by atoms with Gasteiger partial charge in [0.15, 0.2) is 5.82 Å². The van der Waals surface area contributed by atoms with E-state index in [-0.39, 0.29) is 0 Å². The second kappa shape index (κ2) is 5.85. The predicted octanol–water partition coefficient (Wildman–Crippen LogP) is 4.11. The fraction of sp³-hybridized carbons (Fsp3) is 0.118. The Hall–Kier alpha value is -2.66. The number of hydrogen-bond acceptors (Lipinski definition) is 5. The van der Waals surface area contributed by atoms with Gasteiger partial charge in [0.1, 0.15) is 5.02 Å². The Labute approximate surface area is 138 Å². The topological polar surface area (TPSA) is 62.7 Å². The predicted molar refractivity (Wildman–Crippen MR) is 91.7 cm³/mol. The van der Waals surface area contributed by atoms with Crippen LogP contribution in [0.4, 0.5) is 23.1 Å². The lowest BCUT2D eigenvalue weighted by Gasteiger charge is -2.10. The number of nitrogens with one attached hydrogen (secondary N) is 2. The van der Waals surface area contributed by atoms with Gasteiger partial charge in [0.2, 0.25) is 5.95 Å². The van der Waals surface area contributed by atoms with Crippen LogP contribution in [0.1, 0.15) is 11.3 Å². The molecule has 0 radical (unpaired) electrons. The van der Waals surface area contributed by atoms with Crippen molar-refractivity contribution in [3.8, 4) is 0 Å². The SMILES string of the molecule is Clc1cnc2nc1Nc1cccc(c1)CCc1cc(ccn1)N2. The Balaban J connectivity index is 1.83. The van der Waals surface area contributed by atoms with E-state index in [4.69, 9.17) is 11.6 Å². The van der Waals surface area contributed by atoms with Gasteiger partial charge in [-0.2, -0.15) is 4.98 Å². The summed E-state index contributed by atoms with van der Waals surface area (Å²) < 4.78 is 0. The van der Waals surface area contributed by atoms with Crippen molar-refractivity contribution in [2.24, 2.45) is 0 Å². The van der Waals surface area contributed by atoms with Gasteiger partial charge in [0.05, 0.1) is 6.20 Å². The molecule has 3 heterocycles. The number of nitrogens with zero attached hydrogens (tertiary/aromatic N) is 3. The normalized spacial score (nSPS) is 12.9. The van der Waals surface area contributed by atoms with Crippen LogP contribution in [0, 0.1) is 0 Å². The van der Waals surface area contributed by atoms with Crippen LogP contribution in [0.15, 0.2) is 48.8 Å². The summed E-state index contributed by atoms with van der Waals surface area (Å²) in [4.78, 5) is 13.1. The van der Waals surface area contributed by atoms with Crippen molar-refractivity contribution in [3.05, 3.63) is 65.1 Å². The average Bonchev–Trinajstić information content (AvgIpc) is 2.57. The number of benzene rings is 1. The summed E-state index contributed by atoms with van der Waals surface area (Å²) in [7, 11) is 0. The first-order valence-corrected chi connectivity index (χ1v) is 7.74. The van der Waals surface area contributed by atoms with E-state index in [0.29, 0.717) is 16.8 Å². The molecule has 114 valence electrons. The summed E-state index contributed by atoms with van der Waals surface area (Å²) in [5.74, 6) is 1.07. The third-order valence-corrected chi connectivity index (χ3v) is 3.95. The molecule has 0 aliphatic carbocycles. The molecule has 1 aromatic carbocycles. The quantitative estimate of drug-likeness (QED) is 0.652. The van der Waals surface area contributed by atoms with Crippen LogP contribution in [0.2, 0.25) is 5.02 Å². The van der Waals surface area contributed by atoms with E-state index in [1.165, 1.54) is 5.56 Å². The van der Waals surface area contributed by atoms with Gasteiger partial charge in [-0.15, -0.1) is 0 Å². The smallest absolute Gasteiger partial charge is 0.229 e. The summed E-state index contributed by atoms with van der Waals surface area (Å²) >= 11 is 6.21. The van der Waals surface area contributed by atoms with E-state index >= 15 is 0 Å². The lowest BCUT2D eigenvalue weighted by Crippen LogP contribution is -2.01. The van der Waals surface area contributed by atoms with Crippen LogP contribution in [0.5, 0.6) is 0 Å². The van der Waals surface area contributed by atoms with Gasteiger partial charge in [-0.05, 0) is 42.7 Å². The first-order valence-electron chi connectivity index (χ1n) is 7.37. The highest BCUT2D eigenvalue weighted by atomic mass is 35.5. The Kier molecular flexibility index (Phi) is 3.55.